The van der Waals surface area contributed by atoms with Gasteiger partial charge in [0.25, 0.3) is 5.91 Å². The van der Waals surface area contributed by atoms with Gasteiger partial charge in [0.05, 0.1) is 7.11 Å². The number of nitrogens with one attached hydrogen (secondary N) is 1. The predicted molar refractivity (Wildman–Crippen MR) is 95.6 cm³/mol. The molecule has 2 rings (SSSR count). The van der Waals surface area contributed by atoms with Gasteiger partial charge in [-0.3, -0.25) is 4.79 Å². The van der Waals surface area contributed by atoms with Crippen molar-refractivity contribution in [3.8, 4) is 11.5 Å². The lowest BCUT2D eigenvalue weighted by Crippen LogP contribution is -2.37. The molecule has 0 aromatic heterocycles. The molecule has 2 aromatic rings. The van der Waals surface area contributed by atoms with Gasteiger partial charge in [-0.25, -0.2) is 0 Å². The van der Waals surface area contributed by atoms with E-state index in [1.165, 1.54) is 5.56 Å². The molecule has 1 atom stereocenters. The van der Waals surface area contributed by atoms with E-state index in [4.69, 9.17) is 9.47 Å². The molecule has 128 valence electrons. The zero-order valence-corrected chi connectivity index (χ0v) is 14.5. The summed E-state index contributed by atoms with van der Waals surface area (Å²) in [4.78, 5) is 12.1. The molecule has 2 aromatic carbocycles. The van der Waals surface area contributed by atoms with Gasteiger partial charge in [0.1, 0.15) is 11.5 Å². The summed E-state index contributed by atoms with van der Waals surface area (Å²) in [6, 6.07) is 15.7. The monoisotopic (exact) mass is 327 g/mol. The molecular formula is C20H25NO3. The van der Waals surface area contributed by atoms with Gasteiger partial charge < -0.3 is 14.8 Å². The van der Waals surface area contributed by atoms with E-state index in [-0.39, 0.29) is 5.91 Å². The molecule has 1 N–H and O–H groups in total. The van der Waals surface area contributed by atoms with Gasteiger partial charge in [-0.2, -0.15) is 0 Å². The van der Waals surface area contributed by atoms with Crippen LogP contribution in [-0.4, -0.2) is 25.7 Å². The van der Waals surface area contributed by atoms with E-state index in [2.05, 4.69) is 5.32 Å². The third kappa shape index (κ3) is 5.30. The molecule has 0 heterocycles. The molecule has 0 saturated carbocycles. The van der Waals surface area contributed by atoms with Crippen molar-refractivity contribution in [1.29, 1.82) is 0 Å². The summed E-state index contributed by atoms with van der Waals surface area (Å²) in [7, 11) is 1.66. The van der Waals surface area contributed by atoms with Crippen LogP contribution in [0.2, 0.25) is 0 Å². The van der Waals surface area contributed by atoms with Crippen molar-refractivity contribution in [1.82, 2.24) is 5.32 Å². The van der Waals surface area contributed by atoms with E-state index < -0.39 is 6.10 Å². The molecular weight excluding hydrogens is 302 g/mol. The van der Waals surface area contributed by atoms with E-state index in [0.717, 1.165) is 29.9 Å². The molecule has 0 unspecified atom stereocenters. The van der Waals surface area contributed by atoms with Gasteiger partial charge in [-0.15, -0.1) is 0 Å². The van der Waals surface area contributed by atoms with Crippen LogP contribution in [0.1, 0.15) is 24.5 Å². The average Bonchev–Trinajstić information content (AvgIpc) is 2.61. The quantitative estimate of drug-likeness (QED) is 0.755. The van der Waals surface area contributed by atoms with Crippen LogP contribution >= 0.6 is 0 Å². The maximum atomic E-state index is 12.1. The average molecular weight is 327 g/mol. The maximum absolute atomic E-state index is 12.1. The summed E-state index contributed by atoms with van der Waals surface area (Å²) in [5, 5.41) is 2.93. The number of rotatable bonds is 8. The molecule has 0 aliphatic heterocycles. The van der Waals surface area contributed by atoms with Crippen LogP contribution in [0, 0.1) is 6.92 Å². The summed E-state index contributed by atoms with van der Waals surface area (Å²) in [5.74, 6) is 1.51. The predicted octanol–water partition coefficient (Wildman–Crippen LogP) is 3.52. The number of aryl methyl sites for hydroxylation is 2. The third-order valence-corrected chi connectivity index (χ3v) is 3.87. The van der Waals surface area contributed by atoms with E-state index in [1.807, 2.05) is 55.5 Å². The fraction of sp³-hybridized carbons (Fsp3) is 0.350. The molecule has 0 aliphatic carbocycles. The highest BCUT2D eigenvalue weighted by Gasteiger charge is 2.14. The van der Waals surface area contributed by atoms with Crippen LogP contribution in [0.3, 0.4) is 0 Å². The smallest absolute Gasteiger partial charge is 0.260 e. The van der Waals surface area contributed by atoms with E-state index in [0.29, 0.717) is 6.54 Å². The number of benzene rings is 2. The van der Waals surface area contributed by atoms with Gasteiger partial charge >= 0.3 is 0 Å². The zero-order valence-electron chi connectivity index (χ0n) is 14.5. The number of methoxy groups -OCH3 is 1. The molecule has 0 spiro atoms. The van der Waals surface area contributed by atoms with E-state index >= 15 is 0 Å². The number of hydrogen-bond acceptors (Lipinski definition) is 3. The number of carbonyl (C=O) groups is 1. The Balaban J connectivity index is 1.71. The van der Waals surface area contributed by atoms with Crippen molar-refractivity contribution in [3.05, 3.63) is 59.7 Å². The molecule has 4 heteroatoms. The second kappa shape index (κ2) is 8.96. The van der Waals surface area contributed by atoms with Crippen LogP contribution in [-0.2, 0) is 11.2 Å². The first kappa shape index (κ1) is 17.9. The van der Waals surface area contributed by atoms with Gasteiger partial charge in [-0.1, -0.05) is 30.3 Å². The Bertz CT molecular complexity index is 652. The lowest BCUT2D eigenvalue weighted by molar-refractivity contribution is -0.127. The van der Waals surface area contributed by atoms with Crippen molar-refractivity contribution in [2.75, 3.05) is 13.7 Å². The molecule has 0 fully saturated rings. The summed E-state index contributed by atoms with van der Waals surface area (Å²) in [6.07, 6.45) is 1.29. The topological polar surface area (TPSA) is 47.6 Å². The van der Waals surface area contributed by atoms with Crippen LogP contribution in [0.4, 0.5) is 0 Å². The Labute approximate surface area is 143 Å². The normalized spacial score (nSPS) is 11.6. The third-order valence-electron chi connectivity index (χ3n) is 3.87. The van der Waals surface area contributed by atoms with Crippen molar-refractivity contribution in [2.24, 2.45) is 0 Å². The highest BCUT2D eigenvalue weighted by molar-refractivity contribution is 5.80. The lowest BCUT2D eigenvalue weighted by atomic mass is 10.1. The molecule has 4 nitrogen and oxygen atoms in total. The summed E-state index contributed by atoms with van der Waals surface area (Å²) >= 11 is 0. The van der Waals surface area contributed by atoms with Crippen molar-refractivity contribution >= 4 is 5.91 Å². The maximum Gasteiger partial charge on any atom is 0.260 e. The first-order valence-electron chi connectivity index (χ1n) is 8.23. The van der Waals surface area contributed by atoms with Crippen LogP contribution < -0.4 is 14.8 Å². The Morgan fingerprint density at radius 3 is 2.50 bits per heavy atom. The van der Waals surface area contributed by atoms with Crippen LogP contribution in [0.25, 0.3) is 0 Å². The van der Waals surface area contributed by atoms with Crippen molar-refractivity contribution < 1.29 is 14.3 Å². The fourth-order valence-corrected chi connectivity index (χ4v) is 2.37. The van der Waals surface area contributed by atoms with Crippen LogP contribution in [0.5, 0.6) is 11.5 Å². The van der Waals surface area contributed by atoms with E-state index in [1.54, 1.807) is 14.0 Å². The minimum Gasteiger partial charge on any atom is -0.497 e. The Morgan fingerprint density at radius 2 is 1.83 bits per heavy atom. The number of hydrogen-bond donors (Lipinski definition) is 1. The Kier molecular flexibility index (Phi) is 6.67. The highest BCUT2D eigenvalue weighted by Crippen LogP contribution is 2.17. The summed E-state index contributed by atoms with van der Waals surface area (Å²) in [6.45, 7) is 4.37. The second-order valence-corrected chi connectivity index (χ2v) is 5.77. The second-order valence-electron chi connectivity index (χ2n) is 5.77. The zero-order chi connectivity index (χ0) is 17.4. The van der Waals surface area contributed by atoms with Gasteiger partial charge in [-0.05, 0) is 56.0 Å². The molecule has 0 aliphatic rings. The van der Waals surface area contributed by atoms with Gasteiger partial charge in [0.2, 0.25) is 0 Å². The Hall–Kier alpha value is -2.49. The first-order valence-corrected chi connectivity index (χ1v) is 8.23. The first-order chi connectivity index (χ1) is 11.6. The van der Waals surface area contributed by atoms with Crippen molar-refractivity contribution in [2.45, 2.75) is 32.8 Å². The standard InChI is InChI=1S/C20H25NO3/c1-15-7-4-5-9-19(15)24-16(2)20(22)21-14-6-8-17-10-12-18(23-3)13-11-17/h4-5,7,9-13,16H,6,8,14H2,1-3H3,(H,21,22)/t16-/m1/s1. The minimum absolute atomic E-state index is 0.0898. The molecule has 0 bridgehead atoms. The van der Waals surface area contributed by atoms with E-state index in [9.17, 15) is 4.79 Å². The number of amides is 1. The number of para-hydroxylation sites is 1. The Morgan fingerprint density at radius 1 is 1.12 bits per heavy atom. The number of carbonyl (C=O) groups excluding carboxylic acids is 1. The van der Waals surface area contributed by atoms with Crippen LogP contribution in [0.15, 0.2) is 48.5 Å². The molecule has 0 saturated heterocycles. The minimum atomic E-state index is -0.507. The largest absolute Gasteiger partial charge is 0.497 e. The van der Waals surface area contributed by atoms with Crippen molar-refractivity contribution in [3.63, 3.8) is 0 Å². The molecule has 0 radical (unpaired) electrons. The fourth-order valence-electron chi connectivity index (χ4n) is 2.37. The molecule has 24 heavy (non-hydrogen) atoms. The summed E-state index contributed by atoms with van der Waals surface area (Å²) < 4.78 is 10.9. The van der Waals surface area contributed by atoms with Gasteiger partial charge in [0.15, 0.2) is 6.10 Å². The summed E-state index contributed by atoms with van der Waals surface area (Å²) in [5.41, 5.74) is 2.26. The lowest BCUT2D eigenvalue weighted by Gasteiger charge is -2.16. The highest BCUT2D eigenvalue weighted by atomic mass is 16.5. The van der Waals surface area contributed by atoms with Gasteiger partial charge in [0, 0.05) is 6.54 Å². The SMILES string of the molecule is COc1ccc(CCCNC(=O)[C@@H](C)Oc2ccccc2C)cc1. The number of ether oxygens (including phenoxy) is 2. The molecule has 1 amide bonds.